The molecule has 0 spiro atoms. The number of aromatic nitrogens is 1. The summed E-state index contributed by atoms with van der Waals surface area (Å²) in [6.07, 6.45) is 4.27. The Morgan fingerprint density at radius 1 is 1.14 bits per heavy atom. The molecule has 1 fully saturated rings. The van der Waals surface area contributed by atoms with Crippen molar-refractivity contribution in [2.45, 2.75) is 26.3 Å². The van der Waals surface area contributed by atoms with Crippen molar-refractivity contribution in [2.24, 2.45) is 0 Å². The number of nitrogens with zero attached hydrogens (tertiary/aromatic N) is 2. The molecule has 0 saturated carbocycles. The zero-order chi connectivity index (χ0) is 15.4. The first-order valence-corrected chi connectivity index (χ1v) is 7.77. The lowest BCUT2D eigenvalue weighted by atomic mass is 10.1. The summed E-state index contributed by atoms with van der Waals surface area (Å²) in [4.78, 5) is 18.7. The monoisotopic (exact) mass is 295 g/mol. The number of benzene rings is 1. The van der Waals surface area contributed by atoms with E-state index in [0.717, 1.165) is 24.3 Å². The van der Waals surface area contributed by atoms with Gasteiger partial charge in [-0.2, -0.15) is 0 Å². The van der Waals surface area contributed by atoms with E-state index >= 15 is 0 Å². The first-order valence-electron chi connectivity index (χ1n) is 7.77. The number of hydrogen-bond acceptors (Lipinski definition) is 3. The van der Waals surface area contributed by atoms with Crippen LogP contribution >= 0.6 is 0 Å². The Bertz CT molecular complexity index is 628. The summed E-state index contributed by atoms with van der Waals surface area (Å²) in [7, 11) is 0. The topological polar surface area (TPSA) is 45.2 Å². The lowest BCUT2D eigenvalue weighted by molar-refractivity contribution is 0.0946. The van der Waals surface area contributed by atoms with Crippen LogP contribution in [0.2, 0.25) is 0 Å². The zero-order valence-electron chi connectivity index (χ0n) is 12.9. The molecule has 114 valence electrons. The predicted octanol–water partition coefficient (Wildman–Crippen LogP) is 2.92. The van der Waals surface area contributed by atoms with E-state index in [1.54, 1.807) is 12.3 Å². The van der Waals surface area contributed by atoms with Crippen molar-refractivity contribution in [2.75, 3.05) is 18.0 Å². The molecular formula is C18H21N3O. The Balaban J connectivity index is 1.58. The summed E-state index contributed by atoms with van der Waals surface area (Å²) >= 11 is 0. The van der Waals surface area contributed by atoms with Crippen LogP contribution in [-0.2, 0) is 6.54 Å². The second kappa shape index (κ2) is 6.60. The molecule has 0 atom stereocenters. The van der Waals surface area contributed by atoms with Crippen molar-refractivity contribution in [1.82, 2.24) is 10.3 Å². The van der Waals surface area contributed by atoms with E-state index in [1.165, 1.54) is 18.4 Å². The quantitative estimate of drug-likeness (QED) is 0.943. The molecule has 3 rings (SSSR count). The molecule has 0 unspecified atom stereocenters. The lowest BCUT2D eigenvalue weighted by Crippen LogP contribution is -2.24. The van der Waals surface area contributed by atoms with Crippen LogP contribution in [0, 0.1) is 6.92 Å². The summed E-state index contributed by atoms with van der Waals surface area (Å²) in [6, 6.07) is 11.9. The number of amides is 1. The van der Waals surface area contributed by atoms with Crippen LogP contribution in [0.4, 0.5) is 5.69 Å². The standard InChI is InChI=1S/C18H21N3O/c1-14-4-6-15(7-5-14)12-20-18(22)17-9-8-16(13-19-17)21-10-2-3-11-21/h4-9,13H,2-3,10-12H2,1H3,(H,20,22). The normalized spacial score (nSPS) is 14.1. The Kier molecular flexibility index (Phi) is 4.37. The van der Waals surface area contributed by atoms with E-state index in [9.17, 15) is 4.79 Å². The van der Waals surface area contributed by atoms with Crippen molar-refractivity contribution in [3.8, 4) is 0 Å². The number of nitrogens with one attached hydrogen (secondary N) is 1. The number of hydrogen-bond donors (Lipinski definition) is 1. The molecule has 1 aliphatic rings. The second-order valence-electron chi connectivity index (χ2n) is 5.76. The van der Waals surface area contributed by atoms with E-state index < -0.39 is 0 Å². The van der Waals surface area contributed by atoms with Crippen molar-refractivity contribution < 1.29 is 4.79 Å². The molecule has 1 aromatic heterocycles. The second-order valence-corrected chi connectivity index (χ2v) is 5.76. The molecule has 4 nitrogen and oxygen atoms in total. The fourth-order valence-electron chi connectivity index (χ4n) is 2.66. The van der Waals surface area contributed by atoms with Crippen LogP contribution in [0.1, 0.15) is 34.5 Å². The Labute approximate surface area is 131 Å². The van der Waals surface area contributed by atoms with Crippen LogP contribution in [0.15, 0.2) is 42.6 Å². The molecule has 2 aromatic rings. The van der Waals surface area contributed by atoms with Gasteiger partial charge in [0.2, 0.25) is 0 Å². The van der Waals surface area contributed by atoms with Gasteiger partial charge in [0, 0.05) is 19.6 Å². The third kappa shape index (κ3) is 3.45. The average Bonchev–Trinajstić information content (AvgIpc) is 3.09. The Morgan fingerprint density at radius 3 is 2.50 bits per heavy atom. The van der Waals surface area contributed by atoms with Gasteiger partial charge in [-0.05, 0) is 37.5 Å². The van der Waals surface area contributed by atoms with E-state index in [0.29, 0.717) is 12.2 Å². The van der Waals surface area contributed by atoms with Gasteiger partial charge in [-0.3, -0.25) is 4.79 Å². The molecule has 22 heavy (non-hydrogen) atoms. The predicted molar refractivity (Wildman–Crippen MR) is 88.0 cm³/mol. The highest BCUT2D eigenvalue weighted by atomic mass is 16.1. The molecular weight excluding hydrogens is 274 g/mol. The van der Waals surface area contributed by atoms with Gasteiger partial charge in [0.25, 0.3) is 5.91 Å². The minimum Gasteiger partial charge on any atom is -0.370 e. The molecule has 0 aliphatic carbocycles. The largest absolute Gasteiger partial charge is 0.370 e. The van der Waals surface area contributed by atoms with E-state index in [2.05, 4.69) is 15.2 Å². The van der Waals surface area contributed by atoms with Crippen molar-refractivity contribution in [1.29, 1.82) is 0 Å². The number of aryl methyl sites for hydroxylation is 1. The maximum absolute atomic E-state index is 12.1. The highest BCUT2D eigenvalue weighted by Gasteiger charge is 2.13. The lowest BCUT2D eigenvalue weighted by Gasteiger charge is -2.16. The average molecular weight is 295 g/mol. The molecule has 1 aliphatic heterocycles. The third-order valence-corrected chi connectivity index (χ3v) is 4.03. The molecule has 1 saturated heterocycles. The summed E-state index contributed by atoms with van der Waals surface area (Å²) in [6.45, 7) is 4.74. The fourth-order valence-corrected chi connectivity index (χ4v) is 2.66. The third-order valence-electron chi connectivity index (χ3n) is 4.03. The van der Waals surface area contributed by atoms with Gasteiger partial charge >= 0.3 is 0 Å². The zero-order valence-corrected chi connectivity index (χ0v) is 12.9. The minimum atomic E-state index is -0.131. The van der Waals surface area contributed by atoms with E-state index in [1.807, 2.05) is 37.3 Å². The first kappa shape index (κ1) is 14.6. The first-order chi connectivity index (χ1) is 10.7. The maximum Gasteiger partial charge on any atom is 0.270 e. The molecule has 2 heterocycles. The molecule has 1 N–H and O–H groups in total. The van der Waals surface area contributed by atoms with Crippen LogP contribution < -0.4 is 10.2 Å². The highest BCUT2D eigenvalue weighted by molar-refractivity contribution is 5.92. The summed E-state index contributed by atoms with van der Waals surface area (Å²) in [5, 5.41) is 2.91. The smallest absolute Gasteiger partial charge is 0.270 e. The number of carbonyl (C=O) groups excluding carboxylic acids is 1. The van der Waals surface area contributed by atoms with Crippen LogP contribution in [0.25, 0.3) is 0 Å². The molecule has 4 heteroatoms. The van der Waals surface area contributed by atoms with Gasteiger partial charge in [0.05, 0.1) is 11.9 Å². The summed E-state index contributed by atoms with van der Waals surface area (Å²) < 4.78 is 0. The summed E-state index contributed by atoms with van der Waals surface area (Å²) in [5.74, 6) is -0.131. The van der Waals surface area contributed by atoms with Gasteiger partial charge < -0.3 is 10.2 Å². The van der Waals surface area contributed by atoms with Crippen molar-refractivity contribution in [3.63, 3.8) is 0 Å². The van der Waals surface area contributed by atoms with Crippen LogP contribution in [0.5, 0.6) is 0 Å². The molecule has 0 bridgehead atoms. The molecule has 1 aromatic carbocycles. The minimum absolute atomic E-state index is 0.131. The highest BCUT2D eigenvalue weighted by Crippen LogP contribution is 2.18. The molecule has 1 amide bonds. The van der Waals surface area contributed by atoms with Crippen LogP contribution in [-0.4, -0.2) is 24.0 Å². The Morgan fingerprint density at radius 2 is 1.86 bits per heavy atom. The van der Waals surface area contributed by atoms with Gasteiger partial charge in [0.1, 0.15) is 5.69 Å². The summed E-state index contributed by atoms with van der Waals surface area (Å²) in [5.41, 5.74) is 3.88. The van der Waals surface area contributed by atoms with Gasteiger partial charge in [-0.1, -0.05) is 29.8 Å². The molecule has 0 radical (unpaired) electrons. The van der Waals surface area contributed by atoms with E-state index in [4.69, 9.17) is 0 Å². The van der Waals surface area contributed by atoms with E-state index in [-0.39, 0.29) is 5.91 Å². The fraction of sp³-hybridized carbons (Fsp3) is 0.333. The number of anilines is 1. The maximum atomic E-state index is 12.1. The number of rotatable bonds is 4. The van der Waals surface area contributed by atoms with Gasteiger partial charge in [-0.15, -0.1) is 0 Å². The van der Waals surface area contributed by atoms with Gasteiger partial charge in [0.15, 0.2) is 0 Å². The van der Waals surface area contributed by atoms with Crippen molar-refractivity contribution in [3.05, 3.63) is 59.4 Å². The van der Waals surface area contributed by atoms with Crippen LogP contribution in [0.3, 0.4) is 0 Å². The number of pyridine rings is 1. The van der Waals surface area contributed by atoms with Crippen molar-refractivity contribution >= 4 is 11.6 Å². The SMILES string of the molecule is Cc1ccc(CNC(=O)c2ccc(N3CCCC3)cn2)cc1. The Hall–Kier alpha value is -2.36. The number of carbonyl (C=O) groups is 1. The van der Waals surface area contributed by atoms with Gasteiger partial charge in [-0.25, -0.2) is 4.98 Å².